The number of hydrogen-bond acceptors (Lipinski definition) is 5. The van der Waals surface area contributed by atoms with Gasteiger partial charge in [0, 0.05) is 29.9 Å². The van der Waals surface area contributed by atoms with Crippen molar-refractivity contribution >= 4 is 34.0 Å². The molecule has 25 heavy (non-hydrogen) atoms. The number of alkyl halides is 1. The molecule has 1 aromatic heterocycles. The zero-order valence-electron chi connectivity index (χ0n) is 14.1. The van der Waals surface area contributed by atoms with Crippen molar-refractivity contribution in [2.75, 3.05) is 31.0 Å². The summed E-state index contributed by atoms with van der Waals surface area (Å²) < 4.78 is 10.9. The third-order valence-corrected chi connectivity index (χ3v) is 5.18. The van der Waals surface area contributed by atoms with Crippen LogP contribution in [-0.4, -0.2) is 43.1 Å². The first kappa shape index (κ1) is 18.2. The van der Waals surface area contributed by atoms with E-state index in [1.807, 2.05) is 29.6 Å². The Labute approximate surface area is 156 Å². The molecule has 134 valence electrons. The van der Waals surface area contributed by atoms with Crippen molar-refractivity contribution in [3.63, 3.8) is 0 Å². The van der Waals surface area contributed by atoms with Crippen LogP contribution in [0.5, 0.6) is 5.75 Å². The van der Waals surface area contributed by atoms with Crippen molar-refractivity contribution in [1.82, 2.24) is 4.98 Å². The molecule has 1 fully saturated rings. The molecule has 1 saturated heterocycles. The van der Waals surface area contributed by atoms with E-state index in [1.165, 1.54) is 11.3 Å². The Morgan fingerprint density at radius 1 is 1.44 bits per heavy atom. The SMILES string of the molecule is COc1ccc(-c2csc(N(C[C@H]3CCCO3)C(=O)CCCl)n2)cc1. The molecule has 1 aromatic carbocycles. The monoisotopic (exact) mass is 380 g/mol. The number of hydrogen-bond donors (Lipinski definition) is 0. The lowest BCUT2D eigenvalue weighted by Gasteiger charge is -2.22. The van der Waals surface area contributed by atoms with E-state index in [0.717, 1.165) is 36.5 Å². The molecule has 7 heteroatoms. The summed E-state index contributed by atoms with van der Waals surface area (Å²) in [4.78, 5) is 18.9. The Morgan fingerprint density at radius 2 is 2.24 bits per heavy atom. The molecular formula is C18H21ClN2O3S. The Balaban J connectivity index is 1.80. The Kier molecular flexibility index (Phi) is 6.29. The topological polar surface area (TPSA) is 51.7 Å². The number of aromatic nitrogens is 1. The number of nitrogens with zero attached hydrogens (tertiary/aromatic N) is 2. The molecule has 0 saturated carbocycles. The number of thiazole rings is 1. The van der Waals surface area contributed by atoms with Crippen molar-refractivity contribution in [3.8, 4) is 17.0 Å². The summed E-state index contributed by atoms with van der Waals surface area (Å²) in [6, 6.07) is 7.72. The number of carbonyl (C=O) groups excluding carboxylic acids is 1. The predicted octanol–water partition coefficient (Wildman–Crippen LogP) is 3.96. The van der Waals surface area contributed by atoms with Gasteiger partial charge >= 0.3 is 0 Å². The fraction of sp³-hybridized carbons (Fsp3) is 0.444. The average Bonchev–Trinajstić information content (AvgIpc) is 3.32. The fourth-order valence-corrected chi connectivity index (χ4v) is 3.80. The zero-order valence-corrected chi connectivity index (χ0v) is 15.7. The van der Waals surface area contributed by atoms with Crippen LogP contribution in [0.15, 0.2) is 29.6 Å². The largest absolute Gasteiger partial charge is 0.497 e. The standard InChI is InChI=1S/C18H21ClN2O3S/c1-23-14-6-4-13(5-7-14)16-12-25-18(20-16)21(17(22)8-9-19)11-15-3-2-10-24-15/h4-7,12,15H,2-3,8-11H2,1H3/t15-/m1/s1. The fourth-order valence-electron chi connectivity index (χ4n) is 2.78. The highest BCUT2D eigenvalue weighted by atomic mass is 35.5. The predicted molar refractivity (Wildman–Crippen MR) is 101 cm³/mol. The number of amides is 1. The van der Waals surface area contributed by atoms with Gasteiger partial charge < -0.3 is 9.47 Å². The highest BCUT2D eigenvalue weighted by Crippen LogP contribution is 2.30. The van der Waals surface area contributed by atoms with E-state index in [9.17, 15) is 4.79 Å². The molecule has 0 aliphatic carbocycles. The van der Waals surface area contributed by atoms with Crippen molar-refractivity contribution in [3.05, 3.63) is 29.6 Å². The van der Waals surface area contributed by atoms with E-state index in [4.69, 9.17) is 21.1 Å². The molecule has 0 spiro atoms. The third kappa shape index (κ3) is 4.51. The van der Waals surface area contributed by atoms with E-state index < -0.39 is 0 Å². The molecule has 1 amide bonds. The zero-order chi connectivity index (χ0) is 17.6. The smallest absolute Gasteiger partial charge is 0.230 e. The number of methoxy groups -OCH3 is 1. The molecule has 5 nitrogen and oxygen atoms in total. The lowest BCUT2D eigenvalue weighted by Crippen LogP contribution is -2.37. The maximum Gasteiger partial charge on any atom is 0.230 e. The summed E-state index contributed by atoms with van der Waals surface area (Å²) >= 11 is 7.23. The van der Waals surface area contributed by atoms with E-state index in [-0.39, 0.29) is 12.0 Å². The van der Waals surface area contributed by atoms with E-state index >= 15 is 0 Å². The maximum absolute atomic E-state index is 12.5. The average molecular weight is 381 g/mol. The number of ether oxygens (including phenoxy) is 2. The van der Waals surface area contributed by atoms with E-state index in [1.54, 1.807) is 12.0 Å². The molecule has 0 N–H and O–H groups in total. The molecule has 1 atom stereocenters. The van der Waals surface area contributed by atoms with Crippen LogP contribution in [0.1, 0.15) is 19.3 Å². The van der Waals surface area contributed by atoms with Gasteiger partial charge in [-0.3, -0.25) is 9.69 Å². The van der Waals surface area contributed by atoms with Gasteiger partial charge in [0.15, 0.2) is 5.13 Å². The van der Waals surface area contributed by atoms with Gasteiger partial charge in [-0.25, -0.2) is 4.98 Å². The van der Waals surface area contributed by atoms with Crippen LogP contribution in [0.2, 0.25) is 0 Å². The second-order valence-electron chi connectivity index (χ2n) is 5.82. The van der Waals surface area contributed by atoms with Crippen LogP contribution in [0.25, 0.3) is 11.3 Å². The van der Waals surface area contributed by atoms with Crippen molar-refractivity contribution in [2.24, 2.45) is 0 Å². The molecule has 1 aliphatic rings. The lowest BCUT2D eigenvalue weighted by atomic mass is 10.2. The molecule has 2 heterocycles. The summed E-state index contributed by atoms with van der Waals surface area (Å²) in [5.74, 6) is 1.09. The lowest BCUT2D eigenvalue weighted by molar-refractivity contribution is -0.118. The van der Waals surface area contributed by atoms with E-state index in [2.05, 4.69) is 4.98 Å². The van der Waals surface area contributed by atoms with Gasteiger partial charge in [-0.05, 0) is 37.1 Å². The second kappa shape index (κ2) is 8.65. The van der Waals surface area contributed by atoms with Crippen LogP contribution >= 0.6 is 22.9 Å². The highest BCUT2D eigenvalue weighted by molar-refractivity contribution is 7.14. The number of carbonyl (C=O) groups is 1. The summed E-state index contributed by atoms with van der Waals surface area (Å²) in [5, 5.41) is 2.66. The number of anilines is 1. The van der Waals surface area contributed by atoms with Crippen LogP contribution in [-0.2, 0) is 9.53 Å². The van der Waals surface area contributed by atoms with Crippen LogP contribution in [0.3, 0.4) is 0 Å². The molecule has 0 unspecified atom stereocenters. The van der Waals surface area contributed by atoms with Crippen LogP contribution in [0.4, 0.5) is 5.13 Å². The van der Waals surface area contributed by atoms with Gasteiger partial charge in [0.1, 0.15) is 5.75 Å². The van der Waals surface area contributed by atoms with Gasteiger partial charge in [-0.15, -0.1) is 22.9 Å². The van der Waals surface area contributed by atoms with Gasteiger partial charge in [0.25, 0.3) is 0 Å². The number of halogens is 1. The van der Waals surface area contributed by atoms with Crippen molar-refractivity contribution in [1.29, 1.82) is 0 Å². The normalized spacial score (nSPS) is 16.8. The number of rotatable bonds is 7. The van der Waals surface area contributed by atoms with E-state index in [0.29, 0.717) is 24.0 Å². The maximum atomic E-state index is 12.5. The molecule has 0 bridgehead atoms. The minimum atomic E-state index is -0.0128. The van der Waals surface area contributed by atoms with Crippen LogP contribution in [0, 0.1) is 0 Å². The summed E-state index contributed by atoms with van der Waals surface area (Å²) in [6.07, 6.45) is 2.39. The summed E-state index contributed by atoms with van der Waals surface area (Å²) in [7, 11) is 1.64. The minimum absolute atomic E-state index is 0.0128. The first-order valence-corrected chi connectivity index (χ1v) is 9.70. The van der Waals surface area contributed by atoms with Gasteiger partial charge in [0.05, 0.1) is 25.5 Å². The molecule has 0 radical (unpaired) electrons. The summed E-state index contributed by atoms with van der Waals surface area (Å²) in [6.45, 7) is 1.29. The minimum Gasteiger partial charge on any atom is -0.497 e. The Morgan fingerprint density at radius 3 is 2.88 bits per heavy atom. The Hall–Kier alpha value is -1.63. The van der Waals surface area contributed by atoms with Gasteiger partial charge in [-0.2, -0.15) is 0 Å². The highest BCUT2D eigenvalue weighted by Gasteiger charge is 2.25. The molecule has 2 aromatic rings. The van der Waals surface area contributed by atoms with Crippen molar-refractivity contribution < 1.29 is 14.3 Å². The van der Waals surface area contributed by atoms with Crippen molar-refractivity contribution in [2.45, 2.75) is 25.4 Å². The van der Waals surface area contributed by atoms with Gasteiger partial charge in [-0.1, -0.05) is 0 Å². The quantitative estimate of drug-likeness (QED) is 0.682. The molecule has 1 aliphatic heterocycles. The third-order valence-electron chi connectivity index (χ3n) is 4.13. The first-order chi connectivity index (χ1) is 12.2. The van der Waals surface area contributed by atoms with Crippen LogP contribution < -0.4 is 9.64 Å². The van der Waals surface area contributed by atoms with Gasteiger partial charge in [0.2, 0.25) is 5.91 Å². The first-order valence-electron chi connectivity index (χ1n) is 8.29. The number of benzene rings is 1. The summed E-state index contributed by atoms with van der Waals surface area (Å²) in [5.41, 5.74) is 1.84. The second-order valence-corrected chi connectivity index (χ2v) is 7.04. The molecule has 3 rings (SSSR count). The molecular weight excluding hydrogens is 360 g/mol. The Bertz CT molecular complexity index is 699.